The van der Waals surface area contributed by atoms with E-state index in [0.717, 1.165) is 31.4 Å². The molecule has 0 radical (unpaired) electrons. The van der Waals surface area contributed by atoms with Crippen LogP contribution in [0.25, 0.3) is 0 Å². The summed E-state index contributed by atoms with van der Waals surface area (Å²) in [5, 5.41) is 11.1. The third-order valence-electron chi connectivity index (χ3n) is 3.80. The first kappa shape index (κ1) is 12.7. The highest BCUT2D eigenvalue weighted by Gasteiger charge is 2.22. The fourth-order valence-corrected chi connectivity index (χ4v) is 2.70. The van der Waals surface area contributed by atoms with Crippen molar-refractivity contribution >= 4 is 11.8 Å². The molecular weight excluding hydrogens is 228 g/mol. The minimum Gasteiger partial charge on any atom is -0.465 e. The quantitative estimate of drug-likeness (QED) is 0.720. The molecule has 4 N–H and O–H groups in total. The number of nitrogens with one attached hydrogen (secondary N) is 1. The van der Waals surface area contributed by atoms with Gasteiger partial charge in [0, 0.05) is 12.2 Å². The summed E-state index contributed by atoms with van der Waals surface area (Å²) in [6.45, 7) is 0.587. The second kappa shape index (κ2) is 5.76. The molecule has 0 spiro atoms. The van der Waals surface area contributed by atoms with Gasteiger partial charge in [0.2, 0.25) is 0 Å². The summed E-state index contributed by atoms with van der Waals surface area (Å²) in [4.78, 5) is 10.4. The molecule has 4 nitrogen and oxygen atoms in total. The van der Waals surface area contributed by atoms with Gasteiger partial charge in [0.05, 0.1) is 0 Å². The lowest BCUT2D eigenvalue weighted by atomic mass is 9.78. The molecule has 0 aromatic heterocycles. The average Bonchev–Trinajstić information content (AvgIpc) is 2.38. The van der Waals surface area contributed by atoms with Gasteiger partial charge in [-0.2, -0.15) is 0 Å². The number of hydrogen-bond donors (Lipinski definition) is 3. The van der Waals surface area contributed by atoms with Crippen LogP contribution in [-0.2, 0) is 0 Å². The van der Waals surface area contributed by atoms with E-state index in [-0.39, 0.29) is 0 Å². The SMILES string of the molecule is Nc1ccc(C2CCC(CNC(=O)O)CC2)cc1. The van der Waals surface area contributed by atoms with Gasteiger partial charge < -0.3 is 16.2 Å². The second-order valence-corrected chi connectivity index (χ2v) is 5.07. The van der Waals surface area contributed by atoms with Crippen LogP contribution in [0.3, 0.4) is 0 Å². The smallest absolute Gasteiger partial charge is 0.404 e. The molecule has 0 bridgehead atoms. The molecule has 2 rings (SSSR count). The van der Waals surface area contributed by atoms with Crippen LogP contribution in [0.2, 0.25) is 0 Å². The van der Waals surface area contributed by atoms with E-state index in [2.05, 4.69) is 17.4 Å². The molecule has 1 aliphatic rings. The van der Waals surface area contributed by atoms with E-state index in [4.69, 9.17) is 10.8 Å². The van der Waals surface area contributed by atoms with E-state index in [1.54, 1.807) is 0 Å². The van der Waals surface area contributed by atoms with Gasteiger partial charge in [-0.05, 0) is 55.2 Å². The Hall–Kier alpha value is -1.71. The molecule has 1 aromatic rings. The molecule has 1 amide bonds. The molecule has 1 fully saturated rings. The lowest BCUT2D eigenvalue weighted by Gasteiger charge is -2.28. The Morgan fingerprint density at radius 1 is 1.22 bits per heavy atom. The number of hydrogen-bond acceptors (Lipinski definition) is 2. The second-order valence-electron chi connectivity index (χ2n) is 5.07. The number of carboxylic acid groups (broad SMARTS) is 1. The van der Waals surface area contributed by atoms with Crippen molar-refractivity contribution < 1.29 is 9.90 Å². The number of amides is 1. The molecule has 1 aliphatic carbocycles. The van der Waals surface area contributed by atoms with Crippen molar-refractivity contribution in [2.75, 3.05) is 12.3 Å². The topological polar surface area (TPSA) is 75.3 Å². The van der Waals surface area contributed by atoms with Crippen molar-refractivity contribution in [1.82, 2.24) is 5.32 Å². The van der Waals surface area contributed by atoms with Gasteiger partial charge >= 0.3 is 6.09 Å². The fraction of sp³-hybridized carbons (Fsp3) is 0.500. The summed E-state index contributed by atoms with van der Waals surface area (Å²) in [5.74, 6) is 1.10. The number of carbonyl (C=O) groups is 1. The highest BCUT2D eigenvalue weighted by molar-refractivity contribution is 5.64. The molecule has 1 saturated carbocycles. The van der Waals surface area contributed by atoms with Crippen LogP contribution in [0.4, 0.5) is 10.5 Å². The molecular formula is C14H20N2O2. The molecule has 1 aromatic carbocycles. The van der Waals surface area contributed by atoms with Crippen LogP contribution in [-0.4, -0.2) is 17.7 Å². The Kier molecular flexibility index (Phi) is 4.07. The summed E-state index contributed by atoms with van der Waals surface area (Å²) in [5.41, 5.74) is 7.84. The maximum Gasteiger partial charge on any atom is 0.404 e. The van der Waals surface area contributed by atoms with Crippen LogP contribution in [0.5, 0.6) is 0 Å². The Balaban J connectivity index is 1.83. The standard InChI is InChI=1S/C14H20N2O2/c15-13-7-5-12(6-8-13)11-3-1-10(2-4-11)9-16-14(17)18/h5-8,10-11,16H,1-4,9,15H2,(H,17,18). The van der Waals surface area contributed by atoms with Gasteiger partial charge in [-0.3, -0.25) is 0 Å². The molecule has 18 heavy (non-hydrogen) atoms. The van der Waals surface area contributed by atoms with Gasteiger partial charge in [0.1, 0.15) is 0 Å². The van der Waals surface area contributed by atoms with Crippen molar-refractivity contribution in [3.05, 3.63) is 29.8 Å². The van der Waals surface area contributed by atoms with Crippen molar-refractivity contribution in [1.29, 1.82) is 0 Å². The van der Waals surface area contributed by atoms with E-state index < -0.39 is 6.09 Å². The molecule has 0 unspecified atom stereocenters. The highest BCUT2D eigenvalue weighted by Crippen LogP contribution is 2.35. The Labute approximate surface area is 107 Å². The van der Waals surface area contributed by atoms with Crippen molar-refractivity contribution in [3.63, 3.8) is 0 Å². The van der Waals surface area contributed by atoms with E-state index >= 15 is 0 Å². The summed E-state index contributed by atoms with van der Waals surface area (Å²) in [6, 6.07) is 8.12. The Bertz CT molecular complexity index is 395. The largest absolute Gasteiger partial charge is 0.465 e. The summed E-state index contributed by atoms with van der Waals surface area (Å²) >= 11 is 0. The normalized spacial score (nSPS) is 23.6. The molecule has 0 aliphatic heterocycles. The average molecular weight is 248 g/mol. The van der Waals surface area contributed by atoms with Crippen molar-refractivity contribution in [2.45, 2.75) is 31.6 Å². The first-order valence-electron chi connectivity index (χ1n) is 6.47. The number of rotatable bonds is 3. The number of nitrogens with two attached hydrogens (primary N) is 1. The van der Waals surface area contributed by atoms with Gasteiger partial charge in [-0.15, -0.1) is 0 Å². The third-order valence-corrected chi connectivity index (χ3v) is 3.80. The summed E-state index contributed by atoms with van der Waals surface area (Å²) in [7, 11) is 0. The number of benzene rings is 1. The van der Waals surface area contributed by atoms with Crippen molar-refractivity contribution in [3.8, 4) is 0 Å². The lowest BCUT2D eigenvalue weighted by Crippen LogP contribution is -2.29. The molecule has 0 atom stereocenters. The highest BCUT2D eigenvalue weighted by atomic mass is 16.4. The lowest BCUT2D eigenvalue weighted by molar-refractivity contribution is 0.189. The zero-order chi connectivity index (χ0) is 13.0. The van der Waals surface area contributed by atoms with Crippen LogP contribution >= 0.6 is 0 Å². The van der Waals surface area contributed by atoms with Gasteiger partial charge in [0.25, 0.3) is 0 Å². The van der Waals surface area contributed by atoms with Crippen LogP contribution in [0.15, 0.2) is 24.3 Å². The maximum absolute atomic E-state index is 10.4. The fourth-order valence-electron chi connectivity index (χ4n) is 2.70. The van der Waals surface area contributed by atoms with Gasteiger partial charge in [-0.25, -0.2) is 4.79 Å². The minimum atomic E-state index is -0.921. The van der Waals surface area contributed by atoms with Crippen LogP contribution < -0.4 is 11.1 Å². The van der Waals surface area contributed by atoms with E-state index in [0.29, 0.717) is 18.4 Å². The minimum absolute atomic E-state index is 0.492. The first-order chi connectivity index (χ1) is 8.65. The zero-order valence-electron chi connectivity index (χ0n) is 10.4. The predicted molar refractivity (Wildman–Crippen MR) is 71.6 cm³/mol. The molecule has 4 heteroatoms. The summed E-state index contributed by atoms with van der Waals surface area (Å²) in [6.07, 6.45) is 3.53. The van der Waals surface area contributed by atoms with E-state index in [1.165, 1.54) is 5.56 Å². The third kappa shape index (κ3) is 3.39. The van der Waals surface area contributed by atoms with Crippen LogP contribution in [0.1, 0.15) is 37.2 Å². The van der Waals surface area contributed by atoms with E-state index in [1.807, 2.05) is 12.1 Å². The zero-order valence-corrected chi connectivity index (χ0v) is 10.4. The van der Waals surface area contributed by atoms with Gasteiger partial charge in [0.15, 0.2) is 0 Å². The predicted octanol–water partition coefficient (Wildman–Crippen LogP) is 2.81. The molecule has 0 heterocycles. The Morgan fingerprint density at radius 3 is 2.39 bits per heavy atom. The van der Waals surface area contributed by atoms with Crippen LogP contribution in [0, 0.1) is 5.92 Å². The first-order valence-corrected chi connectivity index (χ1v) is 6.47. The number of anilines is 1. The maximum atomic E-state index is 10.4. The van der Waals surface area contributed by atoms with Crippen molar-refractivity contribution in [2.24, 2.45) is 5.92 Å². The Morgan fingerprint density at radius 2 is 1.83 bits per heavy atom. The molecule has 98 valence electrons. The summed E-state index contributed by atoms with van der Waals surface area (Å²) < 4.78 is 0. The monoisotopic (exact) mass is 248 g/mol. The van der Waals surface area contributed by atoms with Gasteiger partial charge in [-0.1, -0.05) is 12.1 Å². The number of nitrogen functional groups attached to an aromatic ring is 1. The molecule has 0 saturated heterocycles. The van der Waals surface area contributed by atoms with E-state index in [9.17, 15) is 4.79 Å².